The minimum absolute atomic E-state index is 0.134. The average molecular weight is 459 g/mol. The summed E-state index contributed by atoms with van der Waals surface area (Å²) in [6, 6.07) is 26.7. The Labute approximate surface area is 202 Å². The van der Waals surface area contributed by atoms with Crippen LogP contribution >= 0.6 is 0 Å². The lowest BCUT2D eigenvalue weighted by Gasteiger charge is -2.31. The summed E-state index contributed by atoms with van der Waals surface area (Å²) < 4.78 is 5.82. The maximum atomic E-state index is 13.5. The average Bonchev–Trinajstić information content (AvgIpc) is 2.89. The zero-order valence-corrected chi connectivity index (χ0v) is 20.1. The minimum atomic E-state index is -0.646. The summed E-state index contributed by atoms with van der Waals surface area (Å²) in [5, 5.41) is 2.99. The SMILES string of the molecule is CCCNC(=O)[C@@H](Cc1ccccc1)N(Cc1ccccc1)C(=O)COc1ccc(CC)cc1. The van der Waals surface area contributed by atoms with Gasteiger partial charge in [-0.05, 0) is 41.7 Å². The van der Waals surface area contributed by atoms with E-state index in [1.54, 1.807) is 4.90 Å². The monoisotopic (exact) mass is 458 g/mol. The lowest BCUT2D eigenvalue weighted by Crippen LogP contribution is -2.51. The summed E-state index contributed by atoms with van der Waals surface area (Å²) in [4.78, 5) is 28.4. The van der Waals surface area contributed by atoms with Crippen LogP contribution in [0.15, 0.2) is 84.9 Å². The van der Waals surface area contributed by atoms with Crippen molar-refractivity contribution in [3.63, 3.8) is 0 Å². The second kappa shape index (κ2) is 13.2. The molecule has 0 aliphatic heterocycles. The third-order valence-electron chi connectivity index (χ3n) is 5.71. The predicted octanol–water partition coefficient (Wildman–Crippen LogP) is 4.79. The molecule has 3 rings (SSSR count). The molecule has 0 bridgehead atoms. The zero-order valence-electron chi connectivity index (χ0n) is 20.1. The van der Waals surface area contributed by atoms with Crippen molar-refractivity contribution in [2.75, 3.05) is 13.2 Å². The molecule has 0 heterocycles. The van der Waals surface area contributed by atoms with E-state index in [1.807, 2.05) is 91.9 Å². The minimum Gasteiger partial charge on any atom is -0.484 e. The van der Waals surface area contributed by atoms with Crippen LogP contribution in [0.25, 0.3) is 0 Å². The summed E-state index contributed by atoms with van der Waals surface area (Å²) in [6.07, 6.45) is 2.20. The molecule has 0 spiro atoms. The molecule has 0 unspecified atom stereocenters. The van der Waals surface area contributed by atoms with Crippen molar-refractivity contribution in [2.24, 2.45) is 0 Å². The van der Waals surface area contributed by atoms with Gasteiger partial charge in [-0.3, -0.25) is 9.59 Å². The van der Waals surface area contributed by atoms with E-state index in [0.717, 1.165) is 24.0 Å². The van der Waals surface area contributed by atoms with Crippen LogP contribution in [-0.4, -0.2) is 35.9 Å². The largest absolute Gasteiger partial charge is 0.484 e. The molecular formula is C29H34N2O3. The number of carbonyl (C=O) groups excluding carboxylic acids is 2. The fraction of sp³-hybridized carbons (Fsp3) is 0.310. The quantitative estimate of drug-likeness (QED) is 0.424. The number of aryl methyl sites for hydroxylation is 1. The van der Waals surface area contributed by atoms with Crippen LogP contribution in [-0.2, 0) is 29.0 Å². The number of hydrogen-bond acceptors (Lipinski definition) is 3. The van der Waals surface area contributed by atoms with Crippen LogP contribution in [0.4, 0.5) is 0 Å². The van der Waals surface area contributed by atoms with Gasteiger partial charge in [-0.1, -0.05) is 86.6 Å². The number of rotatable bonds is 12. The molecule has 2 amide bonds. The van der Waals surface area contributed by atoms with Gasteiger partial charge in [0.1, 0.15) is 11.8 Å². The summed E-state index contributed by atoms with van der Waals surface area (Å²) in [7, 11) is 0. The fourth-order valence-electron chi connectivity index (χ4n) is 3.75. The second-order valence-corrected chi connectivity index (χ2v) is 8.29. The van der Waals surface area contributed by atoms with Gasteiger partial charge in [0.25, 0.3) is 5.91 Å². The molecule has 34 heavy (non-hydrogen) atoms. The van der Waals surface area contributed by atoms with E-state index in [9.17, 15) is 9.59 Å². The Hall–Kier alpha value is -3.60. The standard InChI is InChI=1S/C29H34N2O3/c1-3-19-30-29(33)27(20-24-11-7-5-8-12-24)31(21-25-13-9-6-10-14-25)28(32)22-34-26-17-15-23(4-2)16-18-26/h5-18,27H,3-4,19-22H2,1-2H3,(H,30,33)/t27-/m1/s1. The molecule has 5 nitrogen and oxygen atoms in total. The molecular weight excluding hydrogens is 424 g/mol. The molecule has 178 valence electrons. The molecule has 1 N–H and O–H groups in total. The van der Waals surface area contributed by atoms with Gasteiger partial charge in [-0.25, -0.2) is 0 Å². The van der Waals surface area contributed by atoms with Crippen LogP contribution in [0.5, 0.6) is 5.75 Å². The van der Waals surface area contributed by atoms with Crippen molar-refractivity contribution in [3.05, 3.63) is 102 Å². The van der Waals surface area contributed by atoms with Crippen LogP contribution in [0, 0.1) is 0 Å². The summed E-state index contributed by atoms with van der Waals surface area (Å²) in [5.74, 6) is 0.263. The highest BCUT2D eigenvalue weighted by atomic mass is 16.5. The number of ether oxygens (including phenoxy) is 1. The lowest BCUT2D eigenvalue weighted by molar-refractivity contribution is -0.142. The van der Waals surface area contributed by atoms with Crippen LogP contribution in [0.3, 0.4) is 0 Å². The van der Waals surface area contributed by atoms with Crippen LogP contribution in [0.1, 0.15) is 37.0 Å². The molecule has 1 atom stereocenters. The predicted molar refractivity (Wildman–Crippen MR) is 136 cm³/mol. The van der Waals surface area contributed by atoms with E-state index in [4.69, 9.17) is 4.74 Å². The Morgan fingerprint density at radius 2 is 1.44 bits per heavy atom. The van der Waals surface area contributed by atoms with E-state index in [0.29, 0.717) is 25.3 Å². The molecule has 3 aromatic carbocycles. The van der Waals surface area contributed by atoms with Crippen molar-refractivity contribution < 1.29 is 14.3 Å². The molecule has 0 saturated carbocycles. The second-order valence-electron chi connectivity index (χ2n) is 8.29. The maximum Gasteiger partial charge on any atom is 0.261 e. The summed E-state index contributed by atoms with van der Waals surface area (Å²) in [5.41, 5.74) is 3.17. The van der Waals surface area contributed by atoms with E-state index in [1.165, 1.54) is 5.56 Å². The topological polar surface area (TPSA) is 58.6 Å². The highest BCUT2D eigenvalue weighted by Gasteiger charge is 2.30. The third kappa shape index (κ3) is 7.48. The molecule has 0 saturated heterocycles. The zero-order chi connectivity index (χ0) is 24.2. The van der Waals surface area contributed by atoms with E-state index >= 15 is 0 Å². The Morgan fingerprint density at radius 1 is 0.824 bits per heavy atom. The number of nitrogens with one attached hydrogen (secondary N) is 1. The molecule has 0 fully saturated rings. The maximum absolute atomic E-state index is 13.5. The first-order valence-electron chi connectivity index (χ1n) is 12.0. The highest BCUT2D eigenvalue weighted by Crippen LogP contribution is 2.17. The first kappa shape index (κ1) is 25.0. The van der Waals surface area contributed by atoms with Gasteiger partial charge in [0.15, 0.2) is 6.61 Å². The molecule has 3 aromatic rings. The van der Waals surface area contributed by atoms with Crippen molar-refractivity contribution in [3.8, 4) is 5.75 Å². The van der Waals surface area contributed by atoms with Gasteiger partial charge in [0.2, 0.25) is 5.91 Å². The van der Waals surface area contributed by atoms with Gasteiger partial charge in [-0.2, -0.15) is 0 Å². The highest BCUT2D eigenvalue weighted by molar-refractivity contribution is 5.88. The van der Waals surface area contributed by atoms with Crippen molar-refractivity contribution in [1.82, 2.24) is 10.2 Å². The van der Waals surface area contributed by atoms with Crippen molar-refractivity contribution in [1.29, 1.82) is 0 Å². The van der Waals surface area contributed by atoms with Gasteiger partial charge in [-0.15, -0.1) is 0 Å². The van der Waals surface area contributed by atoms with Gasteiger partial charge in [0, 0.05) is 19.5 Å². The summed E-state index contributed by atoms with van der Waals surface area (Å²) >= 11 is 0. The molecule has 0 aliphatic carbocycles. The van der Waals surface area contributed by atoms with Gasteiger partial charge < -0.3 is 15.0 Å². The number of carbonyl (C=O) groups is 2. The van der Waals surface area contributed by atoms with E-state index in [-0.39, 0.29) is 18.4 Å². The Morgan fingerprint density at radius 3 is 2.03 bits per heavy atom. The molecule has 0 aliphatic rings. The Bertz CT molecular complexity index is 1020. The normalized spacial score (nSPS) is 11.5. The van der Waals surface area contributed by atoms with Gasteiger partial charge in [0.05, 0.1) is 0 Å². The Balaban J connectivity index is 1.84. The third-order valence-corrected chi connectivity index (χ3v) is 5.71. The number of nitrogens with zero attached hydrogens (tertiary/aromatic N) is 1. The number of amides is 2. The smallest absolute Gasteiger partial charge is 0.261 e. The molecule has 0 aromatic heterocycles. The number of benzene rings is 3. The van der Waals surface area contributed by atoms with Crippen molar-refractivity contribution in [2.45, 2.75) is 45.7 Å². The number of hydrogen-bond donors (Lipinski definition) is 1. The Kier molecular flexibility index (Phi) is 9.71. The van der Waals surface area contributed by atoms with Crippen LogP contribution in [0.2, 0.25) is 0 Å². The summed E-state index contributed by atoms with van der Waals surface area (Å²) in [6.45, 7) is 4.87. The van der Waals surface area contributed by atoms with Gasteiger partial charge >= 0.3 is 0 Å². The first-order valence-corrected chi connectivity index (χ1v) is 12.0. The lowest BCUT2D eigenvalue weighted by atomic mass is 10.0. The van der Waals surface area contributed by atoms with E-state index < -0.39 is 6.04 Å². The van der Waals surface area contributed by atoms with E-state index in [2.05, 4.69) is 12.2 Å². The van der Waals surface area contributed by atoms with Crippen LogP contribution < -0.4 is 10.1 Å². The van der Waals surface area contributed by atoms with Crippen molar-refractivity contribution >= 4 is 11.8 Å². The molecule has 0 radical (unpaired) electrons. The fourth-order valence-corrected chi connectivity index (χ4v) is 3.75. The molecule has 5 heteroatoms. The first-order chi connectivity index (χ1) is 16.6.